The predicted molar refractivity (Wildman–Crippen MR) is 62.2 cm³/mol. The van der Waals surface area contributed by atoms with Crippen molar-refractivity contribution in [3.63, 3.8) is 0 Å². The summed E-state index contributed by atoms with van der Waals surface area (Å²) in [6, 6.07) is 10.7. The van der Waals surface area contributed by atoms with Gasteiger partial charge < -0.3 is 10.2 Å². The van der Waals surface area contributed by atoms with Gasteiger partial charge in [0.15, 0.2) is 5.78 Å². The van der Waals surface area contributed by atoms with E-state index in [1.165, 1.54) is 0 Å². The lowest BCUT2D eigenvalue weighted by atomic mass is 10.1. The van der Waals surface area contributed by atoms with E-state index < -0.39 is 0 Å². The molecule has 3 heteroatoms. The Hall–Kier alpha value is -2.03. The molecule has 0 fully saturated rings. The molecular weight excluding hydrogens is 202 g/mol. The zero-order valence-electron chi connectivity index (χ0n) is 8.85. The van der Waals surface area contributed by atoms with E-state index in [1.54, 1.807) is 30.5 Å². The van der Waals surface area contributed by atoms with Crippen LogP contribution >= 0.6 is 0 Å². The van der Waals surface area contributed by atoms with Gasteiger partial charge >= 0.3 is 0 Å². The minimum absolute atomic E-state index is 0.0868. The quantitative estimate of drug-likeness (QED) is 0.630. The van der Waals surface area contributed by atoms with E-state index in [0.29, 0.717) is 24.1 Å². The number of rotatable bonds is 4. The van der Waals surface area contributed by atoms with Crippen LogP contribution < -0.4 is 5.73 Å². The van der Waals surface area contributed by atoms with Gasteiger partial charge in [-0.2, -0.15) is 0 Å². The van der Waals surface area contributed by atoms with Crippen LogP contribution in [0.3, 0.4) is 0 Å². The highest BCUT2D eigenvalue weighted by Crippen LogP contribution is 2.11. The summed E-state index contributed by atoms with van der Waals surface area (Å²) < 4.78 is 5.17. The molecule has 0 radical (unpaired) electrons. The Bertz CT molecular complexity index is 474. The number of carbonyl (C=O) groups excluding carboxylic acids is 1. The van der Waals surface area contributed by atoms with Crippen LogP contribution in [0.15, 0.2) is 47.1 Å². The highest BCUT2D eigenvalue weighted by molar-refractivity contribution is 5.96. The Kier molecular flexibility index (Phi) is 3.05. The van der Waals surface area contributed by atoms with Crippen molar-refractivity contribution >= 4 is 11.5 Å². The minimum Gasteiger partial charge on any atom is -0.469 e. The maximum atomic E-state index is 11.8. The largest absolute Gasteiger partial charge is 0.469 e. The zero-order valence-corrected chi connectivity index (χ0v) is 8.85. The summed E-state index contributed by atoms with van der Waals surface area (Å²) in [6.07, 6.45) is 2.68. The second-order valence-corrected chi connectivity index (χ2v) is 3.63. The first kappa shape index (κ1) is 10.5. The van der Waals surface area contributed by atoms with Crippen LogP contribution in [0.25, 0.3) is 0 Å². The summed E-state index contributed by atoms with van der Waals surface area (Å²) in [7, 11) is 0. The van der Waals surface area contributed by atoms with Crippen molar-refractivity contribution in [3.8, 4) is 0 Å². The molecule has 1 aromatic carbocycles. The number of nitrogen functional groups attached to an aromatic ring is 1. The summed E-state index contributed by atoms with van der Waals surface area (Å²) in [5.74, 6) is 0.918. The average molecular weight is 215 g/mol. The van der Waals surface area contributed by atoms with Crippen LogP contribution in [0.2, 0.25) is 0 Å². The van der Waals surface area contributed by atoms with Crippen molar-refractivity contribution in [1.29, 1.82) is 0 Å². The Balaban J connectivity index is 1.98. The van der Waals surface area contributed by atoms with Gasteiger partial charge in [0.2, 0.25) is 0 Å². The Morgan fingerprint density at radius 3 is 2.81 bits per heavy atom. The van der Waals surface area contributed by atoms with Gasteiger partial charge in [-0.15, -0.1) is 0 Å². The maximum Gasteiger partial charge on any atom is 0.163 e. The van der Waals surface area contributed by atoms with Gasteiger partial charge in [0.25, 0.3) is 0 Å². The van der Waals surface area contributed by atoms with Gasteiger partial charge in [-0.25, -0.2) is 0 Å². The molecule has 0 aliphatic carbocycles. The number of Topliss-reactive ketones (excluding diaryl/α,β-unsaturated/α-hetero) is 1. The Morgan fingerprint density at radius 1 is 1.25 bits per heavy atom. The van der Waals surface area contributed by atoms with Gasteiger partial charge in [-0.1, -0.05) is 12.1 Å². The van der Waals surface area contributed by atoms with Gasteiger partial charge in [0.05, 0.1) is 6.26 Å². The zero-order chi connectivity index (χ0) is 11.4. The molecule has 0 amide bonds. The molecule has 0 aliphatic rings. The number of aryl methyl sites for hydroxylation is 1. The molecule has 0 saturated heterocycles. The fraction of sp³-hybridized carbons (Fsp3) is 0.154. The molecule has 3 nitrogen and oxygen atoms in total. The summed E-state index contributed by atoms with van der Waals surface area (Å²) in [6.45, 7) is 0. The van der Waals surface area contributed by atoms with E-state index in [0.717, 1.165) is 5.76 Å². The normalized spacial score (nSPS) is 10.2. The number of furan rings is 1. The molecule has 0 unspecified atom stereocenters. The lowest BCUT2D eigenvalue weighted by Crippen LogP contribution is -2.01. The lowest BCUT2D eigenvalue weighted by Gasteiger charge is -2.00. The highest BCUT2D eigenvalue weighted by atomic mass is 16.3. The lowest BCUT2D eigenvalue weighted by molar-refractivity contribution is 0.0981. The number of benzene rings is 1. The Labute approximate surface area is 93.9 Å². The fourth-order valence-electron chi connectivity index (χ4n) is 1.55. The van der Waals surface area contributed by atoms with Crippen LogP contribution in [0.1, 0.15) is 22.5 Å². The molecule has 0 spiro atoms. The van der Waals surface area contributed by atoms with Crippen LogP contribution in [0.4, 0.5) is 5.69 Å². The Morgan fingerprint density at radius 2 is 2.12 bits per heavy atom. The van der Waals surface area contributed by atoms with Crippen LogP contribution in [0, 0.1) is 0 Å². The van der Waals surface area contributed by atoms with E-state index in [1.807, 2.05) is 12.1 Å². The maximum absolute atomic E-state index is 11.8. The van der Waals surface area contributed by atoms with Crippen molar-refractivity contribution in [2.24, 2.45) is 0 Å². The average Bonchev–Trinajstić information content (AvgIpc) is 2.78. The standard InChI is InChI=1S/C13H13NO2/c14-11-4-1-3-10(9-11)13(15)7-6-12-5-2-8-16-12/h1-5,8-9H,6-7,14H2. The van der Waals surface area contributed by atoms with Crippen molar-refractivity contribution in [1.82, 2.24) is 0 Å². The molecule has 0 aliphatic heterocycles. The fourth-order valence-corrected chi connectivity index (χ4v) is 1.55. The molecule has 82 valence electrons. The molecule has 1 heterocycles. The van der Waals surface area contributed by atoms with Gasteiger partial charge in [-0.05, 0) is 24.3 Å². The van der Waals surface area contributed by atoms with Gasteiger partial charge in [0.1, 0.15) is 5.76 Å². The van der Waals surface area contributed by atoms with Crippen molar-refractivity contribution in [2.45, 2.75) is 12.8 Å². The summed E-state index contributed by atoms with van der Waals surface area (Å²) in [5, 5.41) is 0. The SMILES string of the molecule is Nc1cccc(C(=O)CCc2ccco2)c1. The molecule has 2 N–H and O–H groups in total. The number of hydrogen-bond acceptors (Lipinski definition) is 3. The molecule has 0 saturated carbocycles. The molecule has 0 bridgehead atoms. The van der Waals surface area contributed by atoms with Crippen LogP contribution in [0.5, 0.6) is 0 Å². The van der Waals surface area contributed by atoms with E-state index in [-0.39, 0.29) is 5.78 Å². The van der Waals surface area contributed by atoms with E-state index in [9.17, 15) is 4.79 Å². The topological polar surface area (TPSA) is 56.2 Å². The predicted octanol–water partition coefficient (Wildman–Crippen LogP) is 2.68. The van der Waals surface area contributed by atoms with Crippen molar-refractivity contribution < 1.29 is 9.21 Å². The highest BCUT2D eigenvalue weighted by Gasteiger charge is 2.07. The summed E-state index contributed by atoms with van der Waals surface area (Å²) in [5.41, 5.74) is 6.89. The molecule has 16 heavy (non-hydrogen) atoms. The number of anilines is 1. The van der Waals surface area contributed by atoms with Crippen molar-refractivity contribution in [3.05, 3.63) is 54.0 Å². The number of carbonyl (C=O) groups is 1. The van der Waals surface area contributed by atoms with E-state index in [2.05, 4.69) is 0 Å². The first-order valence-electron chi connectivity index (χ1n) is 5.17. The second kappa shape index (κ2) is 4.66. The third kappa shape index (κ3) is 2.51. The van der Waals surface area contributed by atoms with Crippen LogP contribution in [-0.4, -0.2) is 5.78 Å². The smallest absolute Gasteiger partial charge is 0.163 e. The number of ketones is 1. The third-order valence-corrected chi connectivity index (χ3v) is 2.39. The first-order chi connectivity index (χ1) is 7.75. The molecule has 0 atom stereocenters. The number of hydrogen-bond donors (Lipinski definition) is 1. The molecule has 2 aromatic rings. The van der Waals surface area contributed by atoms with E-state index >= 15 is 0 Å². The van der Waals surface area contributed by atoms with Crippen LogP contribution in [-0.2, 0) is 6.42 Å². The molecule has 2 rings (SSSR count). The van der Waals surface area contributed by atoms with Crippen molar-refractivity contribution in [2.75, 3.05) is 5.73 Å². The van der Waals surface area contributed by atoms with Gasteiger partial charge in [-0.3, -0.25) is 4.79 Å². The first-order valence-corrected chi connectivity index (χ1v) is 5.17. The van der Waals surface area contributed by atoms with E-state index in [4.69, 9.17) is 10.2 Å². The minimum atomic E-state index is 0.0868. The second-order valence-electron chi connectivity index (χ2n) is 3.63. The summed E-state index contributed by atoms with van der Waals surface area (Å²) in [4.78, 5) is 11.8. The van der Waals surface area contributed by atoms with Gasteiger partial charge in [0, 0.05) is 24.1 Å². The summed E-state index contributed by atoms with van der Waals surface area (Å²) >= 11 is 0. The number of nitrogens with two attached hydrogens (primary N) is 1. The molecule has 1 aromatic heterocycles. The third-order valence-electron chi connectivity index (χ3n) is 2.39. The monoisotopic (exact) mass is 215 g/mol. The molecular formula is C13H13NO2.